The van der Waals surface area contributed by atoms with Gasteiger partial charge in [0.25, 0.3) is 0 Å². The van der Waals surface area contributed by atoms with Gasteiger partial charge in [-0.1, -0.05) is 0 Å². The van der Waals surface area contributed by atoms with Gasteiger partial charge < -0.3 is 4.74 Å². The lowest BCUT2D eigenvalue weighted by Crippen LogP contribution is -2.10. The van der Waals surface area contributed by atoms with E-state index >= 15 is 0 Å². The molecule has 0 spiro atoms. The van der Waals surface area contributed by atoms with Crippen molar-refractivity contribution in [3.05, 3.63) is 24.5 Å². The zero-order valence-electron chi connectivity index (χ0n) is 8.87. The van der Waals surface area contributed by atoms with Crippen LogP contribution in [0, 0.1) is 5.92 Å². The number of hydrogen-bond donors (Lipinski definition) is 0. The summed E-state index contributed by atoms with van der Waals surface area (Å²) in [6, 6.07) is 3.98. The number of halogens is 1. The number of pyridine rings is 1. The van der Waals surface area contributed by atoms with Crippen LogP contribution >= 0.6 is 12.4 Å². The summed E-state index contributed by atoms with van der Waals surface area (Å²) in [7, 11) is 0. The number of fused-ring (bicyclic) bond motifs is 1. The first kappa shape index (κ1) is 11.4. The van der Waals surface area contributed by atoms with Gasteiger partial charge in [-0.15, -0.1) is 12.4 Å². The average molecular weight is 240 g/mol. The van der Waals surface area contributed by atoms with Crippen molar-refractivity contribution in [3.63, 3.8) is 0 Å². The summed E-state index contributed by atoms with van der Waals surface area (Å²) in [5.41, 5.74) is 0.830. The third-order valence-electron chi connectivity index (χ3n) is 2.80. The van der Waals surface area contributed by atoms with Gasteiger partial charge in [0.15, 0.2) is 5.65 Å². The standard InChI is InChI=1S/C11H13N3O.ClH/c1-2-10-7-14(13-11(10)12-4-1)6-9-3-5-15-8-9;/h1-2,4,7,9H,3,5-6,8H2;1H. The summed E-state index contributed by atoms with van der Waals surface area (Å²) >= 11 is 0. The minimum absolute atomic E-state index is 0. The van der Waals surface area contributed by atoms with Crippen molar-refractivity contribution in [1.29, 1.82) is 0 Å². The Labute approximate surface area is 100 Å². The van der Waals surface area contributed by atoms with Crippen LogP contribution < -0.4 is 0 Å². The first-order chi connectivity index (χ1) is 7.42. The van der Waals surface area contributed by atoms with Crippen molar-refractivity contribution in [1.82, 2.24) is 14.8 Å². The zero-order chi connectivity index (χ0) is 10.1. The van der Waals surface area contributed by atoms with Gasteiger partial charge in [-0.3, -0.25) is 4.68 Å². The summed E-state index contributed by atoms with van der Waals surface area (Å²) in [6.07, 6.45) is 4.97. The maximum absolute atomic E-state index is 5.35. The van der Waals surface area contributed by atoms with Gasteiger partial charge in [0.1, 0.15) is 0 Å². The fourth-order valence-electron chi connectivity index (χ4n) is 1.99. The molecule has 1 unspecified atom stereocenters. The summed E-state index contributed by atoms with van der Waals surface area (Å²) in [5.74, 6) is 0.610. The number of nitrogens with zero attached hydrogens (tertiary/aromatic N) is 3. The Kier molecular flexibility index (Phi) is 3.41. The van der Waals surface area contributed by atoms with Crippen molar-refractivity contribution in [2.45, 2.75) is 13.0 Å². The molecular weight excluding hydrogens is 226 g/mol. The lowest BCUT2D eigenvalue weighted by atomic mass is 10.1. The molecule has 0 N–H and O–H groups in total. The molecule has 0 radical (unpaired) electrons. The molecule has 3 heterocycles. The summed E-state index contributed by atoms with van der Waals surface area (Å²) in [6.45, 7) is 2.70. The minimum Gasteiger partial charge on any atom is -0.381 e. The van der Waals surface area contributed by atoms with Crippen LogP contribution in [0.1, 0.15) is 6.42 Å². The highest BCUT2D eigenvalue weighted by atomic mass is 35.5. The van der Waals surface area contributed by atoms with Crippen LogP contribution in [-0.4, -0.2) is 28.0 Å². The van der Waals surface area contributed by atoms with Gasteiger partial charge in [-0.2, -0.15) is 5.10 Å². The second kappa shape index (κ2) is 4.80. The Balaban J connectivity index is 0.000000963. The predicted molar refractivity (Wildman–Crippen MR) is 63.7 cm³/mol. The monoisotopic (exact) mass is 239 g/mol. The average Bonchev–Trinajstić information content (AvgIpc) is 2.86. The molecule has 2 aromatic heterocycles. The van der Waals surface area contributed by atoms with Gasteiger partial charge in [0.2, 0.25) is 0 Å². The van der Waals surface area contributed by atoms with Crippen LogP contribution in [0.5, 0.6) is 0 Å². The minimum atomic E-state index is 0. The van der Waals surface area contributed by atoms with Crippen molar-refractivity contribution < 1.29 is 4.74 Å². The van der Waals surface area contributed by atoms with E-state index in [9.17, 15) is 0 Å². The molecule has 1 aliphatic heterocycles. The highest BCUT2D eigenvalue weighted by Crippen LogP contribution is 2.16. The Morgan fingerprint density at radius 2 is 2.44 bits per heavy atom. The molecule has 16 heavy (non-hydrogen) atoms. The van der Waals surface area contributed by atoms with Crippen LogP contribution in [0.2, 0.25) is 0 Å². The van der Waals surface area contributed by atoms with Gasteiger partial charge in [-0.05, 0) is 18.6 Å². The van der Waals surface area contributed by atoms with E-state index in [1.807, 2.05) is 16.8 Å². The smallest absolute Gasteiger partial charge is 0.181 e. The van der Waals surface area contributed by atoms with Gasteiger partial charge >= 0.3 is 0 Å². The van der Waals surface area contributed by atoms with Gasteiger partial charge in [-0.25, -0.2) is 4.98 Å². The molecule has 0 amide bonds. The first-order valence-electron chi connectivity index (χ1n) is 5.28. The molecule has 3 rings (SSSR count). The van der Waals surface area contributed by atoms with Crippen LogP contribution in [0.4, 0.5) is 0 Å². The van der Waals surface area contributed by atoms with Gasteiger partial charge in [0.05, 0.1) is 6.61 Å². The van der Waals surface area contributed by atoms with E-state index in [-0.39, 0.29) is 12.4 Å². The highest BCUT2D eigenvalue weighted by molar-refractivity contribution is 5.85. The van der Waals surface area contributed by atoms with Crippen LogP contribution in [0.25, 0.3) is 11.0 Å². The van der Waals surface area contributed by atoms with Crippen molar-refractivity contribution >= 4 is 23.4 Å². The molecule has 1 saturated heterocycles. The molecule has 86 valence electrons. The molecular formula is C11H14ClN3O. The van der Waals surface area contributed by atoms with Crippen LogP contribution in [0.15, 0.2) is 24.5 Å². The van der Waals surface area contributed by atoms with Crippen LogP contribution in [-0.2, 0) is 11.3 Å². The number of rotatable bonds is 2. The molecule has 0 bridgehead atoms. The maximum atomic E-state index is 5.35. The molecule has 1 aliphatic rings. The number of ether oxygens (including phenoxy) is 1. The summed E-state index contributed by atoms with van der Waals surface area (Å²) < 4.78 is 7.33. The van der Waals surface area contributed by atoms with E-state index in [1.54, 1.807) is 6.20 Å². The van der Waals surface area contributed by atoms with Crippen molar-refractivity contribution in [2.75, 3.05) is 13.2 Å². The largest absolute Gasteiger partial charge is 0.381 e. The van der Waals surface area contributed by atoms with E-state index in [2.05, 4.69) is 16.3 Å². The Hall–Kier alpha value is -1.13. The molecule has 0 aromatic carbocycles. The molecule has 0 saturated carbocycles. The highest BCUT2D eigenvalue weighted by Gasteiger charge is 2.16. The van der Waals surface area contributed by atoms with E-state index < -0.39 is 0 Å². The van der Waals surface area contributed by atoms with E-state index in [1.165, 1.54) is 0 Å². The Bertz CT molecular complexity index is 432. The number of hydrogen-bond acceptors (Lipinski definition) is 3. The normalized spacial score (nSPS) is 19.9. The molecule has 0 aliphatic carbocycles. The lowest BCUT2D eigenvalue weighted by molar-refractivity contribution is 0.181. The number of aromatic nitrogens is 3. The topological polar surface area (TPSA) is 39.9 Å². The SMILES string of the molecule is Cl.c1cnc2nn(CC3CCOC3)cc2c1. The second-order valence-corrected chi connectivity index (χ2v) is 4.00. The third kappa shape index (κ3) is 2.18. The van der Waals surface area contributed by atoms with E-state index in [0.717, 1.165) is 37.2 Å². The summed E-state index contributed by atoms with van der Waals surface area (Å²) in [5, 5.41) is 5.53. The summed E-state index contributed by atoms with van der Waals surface area (Å²) in [4.78, 5) is 4.21. The fourth-order valence-corrected chi connectivity index (χ4v) is 1.99. The quantitative estimate of drug-likeness (QED) is 0.804. The fraction of sp³-hybridized carbons (Fsp3) is 0.455. The molecule has 4 nitrogen and oxygen atoms in total. The first-order valence-corrected chi connectivity index (χ1v) is 5.28. The van der Waals surface area contributed by atoms with E-state index in [4.69, 9.17) is 4.74 Å². The molecule has 2 aromatic rings. The second-order valence-electron chi connectivity index (χ2n) is 4.00. The molecule has 1 fully saturated rings. The zero-order valence-corrected chi connectivity index (χ0v) is 9.69. The van der Waals surface area contributed by atoms with Crippen molar-refractivity contribution in [3.8, 4) is 0 Å². The molecule has 5 heteroatoms. The lowest BCUT2D eigenvalue weighted by Gasteiger charge is -2.05. The Morgan fingerprint density at radius 3 is 3.19 bits per heavy atom. The van der Waals surface area contributed by atoms with Crippen molar-refractivity contribution in [2.24, 2.45) is 5.92 Å². The van der Waals surface area contributed by atoms with Crippen LogP contribution in [0.3, 0.4) is 0 Å². The Morgan fingerprint density at radius 1 is 1.50 bits per heavy atom. The van der Waals surface area contributed by atoms with Gasteiger partial charge in [0, 0.05) is 36.8 Å². The predicted octanol–water partition coefficient (Wildman–Crippen LogP) is 1.89. The van der Waals surface area contributed by atoms with E-state index in [0.29, 0.717) is 5.92 Å². The maximum Gasteiger partial charge on any atom is 0.181 e. The third-order valence-corrected chi connectivity index (χ3v) is 2.80. The molecule has 1 atom stereocenters.